The SMILES string of the molecule is COCCOCCOC1=C(Nc2nc3ccccc3nc2NS(=O)(=O)c2cn(C)cn2)C=C(OC)CC1OC. The molecule has 39 heavy (non-hydrogen) atoms. The summed E-state index contributed by atoms with van der Waals surface area (Å²) in [6, 6.07) is 7.14. The van der Waals surface area contributed by atoms with E-state index in [4.69, 9.17) is 23.7 Å². The van der Waals surface area contributed by atoms with Crippen molar-refractivity contribution in [2.24, 2.45) is 7.05 Å². The number of allylic oxidation sites excluding steroid dienone is 1. The van der Waals surface area contributed by atoms with Crippen molar-refractivity contribution in [3.8, 4) is 0 Å². The first kappa shape index (κ1) is 28.3. The molecule has 0 fully saturated rings. The molecule has 1 aliphatic rings. The average Bonchev–Trinajstić information content (AvgIpc) is 3.38. The van der Waals surface area contributed by atoms with Crippen LogP contribution < -0.4 is 10.0 Å². The number of nitrogens with zero attached hydrogens (tertiary/aromatic N) is 4. The molecule has 0 saturated heterocycles. The van der Waals surface area contributed by atoms with E-state index < -0.39 is 16.1 Å². The number of aromatic nitrogens is 4. The molecule has 14 heteroatoms. The van der Waals surface area contributed by atoms with E-state index in [1.54, 1.807) is 52.7 Å². The van der Waals surface area contributed by atoms with Gasteiger partial charge in [0, 0.05) is 40.0 Å². The van der Waals surface area contributed by atoms with E-state index in [9.17, 15) is 8.42 Å². The number of aryl methyl sites for hydroxylation is 1. The minimum absolute atomic E-state index is 0.0130. The van der Waals surface area contributed by atoms with Gasteiger partial charge in [0.25, 0.3) is 10.0 Å². The number of methoxy groups -OCH3 is 3. The van der Waals surface area contributed by atoms with E-state index in [0.29, 0.717) is 54.5 Å². The molecule has 0 spiro atoms. The summed E-state index contributed by atoms with van der Waals surface area (Å²) < 4.78 is 58.0. The number of rotatable bonds is 14. The third-order valence-corrected chi connectivity index (χ3v) is 6.95. The van der Waals surface area contributed by atoms with E-state index in [2.05, 4.69) is 25.0 Å². The van der Waals surface area contributed by atoms with E-state index in [-0.39, 0.29) is 23.3 Å². The standard InChI is InChI=1S/C25H32N6O7S/c1-31-15-22(26-16-31)39(32,33)30-25-24(27-18-7-5-6-8-19(18)28-25)29-20-13-17(35-3)14-21(36-4)23(20)38-12-11-37-10-9-34-2/h5-8,13,15-16,21H,9-12,14H2,1-4H3,(H,27,29)(H,28,30). The highest BCUT2D eigenvalue weighted by Gasteiger charge is 2.28. The molecule has 1 unspecified atom stereocenters. The topological polar surface area (TPSA) is 148 Å². The van der Waals surface area contributed by atoms with Crippen molar-refractivity contribution in [3.63, 3.8) is 0 Å². The summed E-state index contributed by atoms with van der Waals surface area (Å²) in [7, 11) is 2.36. The Hall–Kier alpha value is -3.72. The van der Waals surface area contributed by atoms with Gasteiger partial charge in [0.05, 0.1) is 50.0 Å². The van der Waals surface area contributed by atoms with Crippen LogP contribution in [-0.4, -0.2) is 81.8 Å². The Morgan fingerprint density at radius 3 is 2.38 bits per heavy atom. The Morgan fingerprint density at radius 1 is 1.03 bits per heavy atom. The molecule has 4 rings (SSSR count). The predicted molar refractivity (Wildman–Crippen MR) is 143 cm³/mol. The first-order valence-corrected chi connectivity index (χ1v) is 13.6. The molecular weight excluding hydrogens is 528 g/mol. The lowest BCUT2D eigenvalue weighted by Crippen LogP contribution is -2.26. The number of hydrogen-bond donors (Lipinski definition) is 2. The number of ether oxygens (including phenoxy) is 5. The van der Waals surface area contributed by atoms with Crippen LogP contribution in [0.2, 0.25) is 0 Å². The fourth-order valence-corrected chi connectivity index (χ4v) is 4.78. The summed E-state index contributed by atoms with van der Waals surface area (Å²) >= 11 is 0. The molecule has 0 amide bonds. The highest BCUT2D eigenvalue weighted by molar-refractivity contribution is 7.92. The third kappa shape index (κ3) is 7.03. The van der Waals surface area contributed by atoms with Crippen molar-refractivity contribution in [1.29, 1.82) is 0 Å². The van der Waals surface area contributed by atoms with Gasteiger partial charge in [-0.2, -0.15) is 8.42 Å². The van der Waals surface area contributed by atoms with E-state index in [0.717, 1.165) is 0 Å². The Balaban J connectivity index is 1.71. The molecule has 2 aromatic heterocycles. The van der Waals surface area contributed by atoms with Gasteiger partial charge in [0.2, 0.25) is 0 Å². The fourth-order valence-electron chi connectivity index (χ4n) is 3.79. The van der Waals surface area contributed by atoms with Crippen LogP contribution in [0.3, 0.4) is 0 Å². The van der Waals surface area contributed by atoms with Gasteiger partial charge >= 0.3 is 0 Å². The second-order valence-corrected chi connectivity index (χ2v) is 10.1. The molecule has 1 aromatic carbocycles. The molecule has 0 radical (unpaired) electrons. The summed E-state index contributed by atoms with van der Waals surface area (Å²) in [6.07, 6.45) is 4.53. The molecular formula is C25H32N6O7S. The molecule has 1 atom stereocenters. The van der Waals surface area contributed by atoms with Crippen LogP contribution in [0.4, 0.5) is 11.6 Å². The lowest BCUT2D eigenvalue weighted by molar-refractivity contribution is 0.0136. The molecule has 0 aliphatic heterocycles. The Labute approximate surface area is 226 Å². The normalized spacial score (nSPS) is 15.8. The first-order valence-electron chi connectivity index (χ1n) is 12.1. The number of imidazole rings is 1. The Kier molecular flexibility index (Phi) is 9.35. The zero-order chi connectivity index (χ0) is 27.8. The molecule has 210 valence electrons. The van der Waals surface area contributed by atoms with Gasteiger partial charge in [0.1, 0.15) is 24.2 Å². The largest absolute Gasteiger partial charge is 0.501 e. The van der Waals surface area contributed by atoms with Crippen LogP contribution >= 0.6 is 0 Å². The molecule has 2 heterocycles. The monoisotopic (exact) mass is 560 g/mol. The van der Waals surface area contributed by atoms with Gasteiger partial charge in [-0.3, -0.25) is 4.72 Å². The van der Waals surface area contributed by atoms with Crippen LogP contribution in [0.5, 0.6) is 0 Å². The number of fused-ring (bicyclic) bond motifs is 1. The van der Waals surface area contributed by atoms with Gasteiger partial charge in [-0.15, -0.1) is 0 Å². The van der Waals surface area contributed by atoms with Crippen LogP contribution in [0.1, 0.15) is 6.42 Å². The highest BCUT2D eigenvalue weighted by Crippen LogP contribution is 2.31. The smallest absolute Gasteiger partial charge is 0.282 e. The third-order valence-electron chi connectivity index (χ3n) is 5.72. The van der Waals surface area contributed by atoms with Crippen molar-refractivity contribution in [2.75, 3.05) is 57.8 Å². The van der Waals surface area contributed by atoms with Crippen LogP contribution in [0, 0.1) is 0 Å². The van der Waals surface area contributed by atoms with Gasteiger partial charge in [-0.25, -0.2) is 15.0 Å². The van der Waals surface area contributed by atoms with E-state index >= 15 is 0 Å². The first-order chi connectivity index (χ1) is 18.8. The lowest BCUT2D eigenvalue weighted by atomic mass is 10.0. The van der Waals surface area contributed by atoms with E-state index in [1.807, 2.05) is 6.07 Å². The van der Waals surface area contributed by atoms with Crippen LogP contribution in [0.25, 0.3) is 11.0 Å². The molecule has 1 aliphatic carbocycles. The molecule has 2 N–H and O–H groups in total. The number of anilines is 2. The second-order valence-electron chi connectivity index (χ2n) is 8.49. The second kappa shape index (κ2) is 12.9. The van der Waals surface area contributed by atoms with Crippen molar-refractivity contribution in [2.45, 2.75) is 17.6 Å². The minimum Gasteiger partial charge on any atom is -0.501 e. The van der Waals surface area contributed by atoms with Crippen LogP contribution in [0.15, 0.2) is 65.1 Å². The number of para-hydroxylation sites is 2. The minimum atomic E-state index is -4.06. The fraction of sp³-hybridized carbons (Fsp3) is 0.400. The van der Waals surface area contributed by atoms with Crippen molar-refractivity contribution in [3.05, 3.63) is 60.1 Å². The zero-order valence-corrected chi connectivity index (χ0v) is 23.0. The van der Waals surface area contributed by atoms with Gasteiger partial charge in [-0.1, -0.05) is 12.1 Å². The summed E-state index contributed by atoms with van der Waals surface area (Å²) in [5, 5.41) is 3.04. The van der Waals surface area contributed by atoms with Crippen LogP contribution in [-0.2, 0) is 40.8 Å². The summed E-state index contributed by atoms with van der Waals surface area (Å²) in [6.45, 7) is 1.51. The molecule has 0 bridgehead atoms. The van der Waals surface area contributed by atoms with E-state index in [1.165, 1.54) is 17.1 Å². The van der Waals surface area contributed by atoms with Crippen molar-refractivity contribution < 1.29 is 32.1 Å². The maximum Gasteiger partial charge on any atom is 0.282 e. The predicted octanol–water partition coefficient (Wildman–Crippen LogP) is 2.42. The average molecular weight is 561 g/mol. The maximum absolute atomic E-state index is 13.1. The number of nitrogens with one attached hydrogen (secondary N) is 2. The zero-order valence-electron chi connectivity index (χ0n) is 22.2. The van der Waals surface area contributed by atoms with Gasteiger partial charge in [0.15, 0.2) is 16.7 Å². The lowest BCUT2D eigenvalue weighted by Gasteiger charge is -2.27. The number of hydrogen-bond acceptors (Lipinski definition) is 11. The Bertz CT molecular complexity index is 1450. The van der Waals surface area contributed by atoms with Gasteiger partial charge < -0.3 is 33.6 Å². The Morgan fingerprint density at radius 2 is 1.74 bits per heavy atom. The van der Waals surface area contributed by atoms with Crippen molar-refractivity contribution >= 4 is 32.7 Å². The number of benzene rings is 1. The summed E-state index contributed by atoms with van der Waals surface area (Å²) in [4.78, 5) is 13.1. The maximum atomic E-state index is 13.1. The number of sulfonamides is 1. The van der Waals surface area contributed by atoms with Gasteiger partial charge in [-0.05, 0) is 12.1 Å². The highest BCUT2D eigenvalue weighted by atomic mass is 32.2. The summed E-state index contributed by atoms with van der Waals surface area (Å²) in [5.41, 5.74) is 1.54. The molecule has 3 aromatic rings. The van der Waals surface area contributed by atoms with Crippen molar-refractivity contribution in [1.82, 2.24) is 19.5 Å². The summed E-state index contributed by atoms with van der Waals surface area (Å²) in [5.74, 6) is 1.27. The molecule has 13 nitrogen and oxygen atoms in total. The molecule has 0 saturated carbocycles. The quantitative estimate of drug-likeness (QED) is 0.280.